The fourth-order valence-corrected chi connectivity index (χ4v) is 3.38. The maximum absolute atomic E-state index is 12.7. The molecule has 1 heterocycles. The van der Waals surface area contributed by atoms with Gasteiger partial charge in [0.1, 0.15) is 5.75 Å². The lowest BCUT2D eigenvalue weighted by atomic mass is 9.97. The zero-order valence-corrected chi connectivity index (χ0v) is 16.0. The number of nitrogens with one attached hydrogen (secondary N) is 1. The number of amides is 2. The summed E-state index contributed by atoms with van der Waals surface area (Å²) in [5, 5.41) is 3.19. The summed E-state index contributed by atoms with van der Waals surface area (Å²) in [6, 6.07) is 14.3. The van der Waals surface area contributed by atoms with Crippen LogP contribution in [-0.2, 0) is 0 Å². The molecule has 0 aromatic heterocycles. The van der Waals surface area contributed by atoms with Crippen molar-refractivity contribution >= 4 is 23.4 Å². The Morgan fingerprint density at radius 2 is 1.81 bits per heavy atom. The van der Waals surface area contributed by atoms with Crippen LogP contribution in [0.25, 0.3) is 0 Å². The molecule has 6 heteroatoms. The van der Waals surface area contributed by atoms with Crippen LogP contribution in [0.1, 0.15) is 33.6 Å². The van der Waals surface area contributed by atoms with Crippen molar-refractivity contribution in [2.24, 2.45) is 5.92 Å². The van der Waals surface area contributed by atoms with E-state index in [1.165, 1.54) is 0 Å². The predicted molar refractivity (Wildman–Crippen MR) is 105 cm³/mol. The number of ether oxygens (including phenoxy) is 1. The van der Waals surface area contributed by atoms with E-state index >= 15 is 0 Å². The van der Waals surface area contributed by atoms with Gasteiger partial charge in [-0.2, -0.15) is 0 Å². The highest BCUT2D eigenvalue weighted by Gasteiger charge is 2.24. The molecule has 2 aromatic rings. The number of nitrogens with zero attached hydrogens (tertiary/aromatic N) is 1. The van der Waals surface area contributed by atoms with Crippen LogP contribution < -0.4 is 10.1 Å². The monoisotopic (exact) mass is 386 g/mol. The molecule has 1 saturated heterocycles. The van der Waals surface area contributed by atoms with Gasteiger partial charge in [-0.25, -0.2) is 0 Å². The fourth-order valence-electron chi connectivity index (χ4n) is 3.19. The van der Waals surface area contributed by atoms with Crippen LogP contribution in [0, 0.1) is 5.92 Å². The highest BCUT2D eigenvalue weighted by Crippen LogP contribution is 2.26. The van der Waals surface area contributed by atoms with Crippen molar-refractivity contribution in [2.45, 2.75) is 12.8 Å². The average Bonchev–Trinajstić information content (AvgIpc) is 2.72. The zero-order chi connectivity index (χ0) is 19.2. The maximum Gasteiger partial charge on any atom is 0.253 e. The van der Waals surface area contributed by atoms with Crippen LogP contribution in [0.15, 0.2) is 48.5 Å². The van der Waals surface area contributed by atoms with E-state index in [1.54, 1.807) is 31.3 Å². The van der Waals surface area contributed by atoms with Crippen LogP contribution in [0.4, 0.5) is 0 Å². The second-order valence-corrected chi connectivity index (χ2v) is 7.04. The highest BCUT2D eigenvalue weighted by molar-refractivity contribution is 6.32. The molecule has 1 aliphatic heterocycles. The van der Waals surface area contributed by atoms with Crippen molar-refractivity contribution in [3.8, 4) is 5.75 Å². The first-order chi connectivity index (χ1) is 13.1. The van der Waals surface area contributed by atoms with Gasteiger partial charge in [0.15, 0.2) is 0 Å². The molecule has 1 N–H and O–H groups in total. The van der Waals surface area contributed by atoms with E-state index in [0.29, 0.717) is 47.5 Å². The number of carbonyl (C=O) groups is 2. The standard InChI is InChI=1S/C21H23ClN2O3/c1-23-20(25)16-5-4-6-17(13-16)21(26)24-11-9-15(10-12-24)14-27-19-8-3-2-7-18(19)22/h2-8,13,15H,9-12,14H2,1H3,(H,23,25). The number of piperidine rings is 1. The number of carbonyl (C=O) groups excluding carboxylic acids is 2. The third-order valence-corrected chi connectivity index (χ3v) is 5.12. The molecule has 0 atom stereocenters. The highest BCUT2D eigenvalue weighted by atomic mass is 35.5. The second kappa shape index (κ2) is 8.91. The van der Waals surface area contributed by atoms with E-state index in [4.69, 9.17) is 16.3 Å². The number of rotatable bonds is 5. The first kappa shape index (κ1) is 19.2. The van der Waals surface area contributed by atoms with E-state index < -0.39 is 0 Å². The Morgan fingerprint density at radius 1 is 1.11 bits per heavy atom. The number of halogens is 1. The summed E-state index contributed by atoms with van der Waals surface area (Å²) < 4.78 is 5.83. The summed E-state index contributed by atoms with van der Waals surface area (Å²) in [6.07, 6.45) is 1.76. The summed E-state index contributed by atoms with van der Waals surface area (Å²) >= 11 is 6.11. The van der Waals surface area contributed by atoms with Gasteiger partial charge in [0.25, 0.3) is 11.8 Å². The van der Waals surface area contributed by atoms with Gasteiger partial charge in [0, 0.05) is 31.3 Å². The summed E-state index contributed by atoms with van der Waals surface area (Å²) in [6.45, 7) is 1.96. The quantitative estimate of drug-likeness (QED) is 0.853. The molecule has 0 unspecified atom stereocenters. The molecule has 0 bridgehead atoms. The van der Waals surface area contributed by atoms with Crippen LogP contribution in [-0.4, -0.2) is 43.5 Å². The molecular formula is C21H23ClN2O3. The first-order valence-electron chi connectivity index (χ1n) is 9.07. The van der Waals surface area contributed by atoms with Gasteiger partial charge in [-0.3, -0.25) is 9.59 Å². The molecule has 2 aromatic carbocycles. The molecule has 1 fully saturated rings. The molecule has 5 nitrogen and oxygen atoms in total. The Balaban J connectivity index is 1.53. The number of benzene rings is 2. The normalized spacial score (nSPS) is 14.7. The Morgan fingerprint density at radius 3 is 2.52 bits per heavy atom. The number of hydrogen-bond donors (Lipinski definition) is 1. The Hall–Kier alpha value is -2.53. The lowest BCUT2D eigenvalue weighted by Crippen LogP contribution is -2.39. The van der Waals surface area contributed by atoms with Gasteiger partial charge < -0.3 is 15.0 Å². The van der Waals surface area contributed by atoms with Crippen molar-refractivity contribution in [2.75, 3.05) is 26.7 Å². The third kappa shape index (κ3) is 4.80. The molecule has 2 amide bonds. The minimum atomic E-state index is -0.194. The largest absolute Gasteiger partial charge is 0.492 e. The van der Waals surface area contributed by atoms with Crippen molar-refractivity contribution in [3.05, 3.63) is 64.7 Å². The van der Waals surface area contributed by atoms with Crippen molar-refractivity contribution in [1.29, 1.82) is 0 Å². The SMILES string of the molecule is CNC(=O)c1cccc(C(=O)N2CCC(COc3ccccc3Cl)CC2)c1. The number of likely N-dealkylation sites (tertiary alicyclic amines) is 1. The van der Waals surface area contributed by atoms with Crippen LogP contribution in [0.5, 0.6) is 5.75 Å². The van der Waals surface area contributed by atoms with Gasteiger partial charge in [0.05, 0.1) is 11.6 Å². The van der Waals surface area contributed by atoms with Crippen molar-refractivity contribution in [1.82, 2.24) is 10.2 Å². The minimum absolute atomic E-state index is 0.0359. The summed E-state index contributed by atoms with van der Waals surface area (Å²) in [5.41, 5.74) is 1.04. The average molecular weight is 387 g/mol. The zero-order valence-electron chi connectivity index (χ0n) is 15.3. The molecular weight excluding hydrogens is 364 g/mol. The minimum Gasteiger partial charge on any atom is -0.492 e. The van der Waals surface area contributed by atoms with Gasteiger partial charge >= 0.3 is 0 Å². The molecule has 142 valence electrons. The first-order valence-corrected chi connectivity index (χ1v) is 9.45. The molecule has 0 aliphatic carbocycles. The van der Waals surface area contributed by atoms with Gasteiger partial charge in [0.2, 0.25) is 0 Å². The molecule has 0 saturated carbocycles. The van der Waals surface area contributed by atoms with Crippen molar-refractivity contribution in [3.63, 3.8) is 0 Å². The molecule has 0 spiro atoms. The van der Waals surface area contributed by atoms with E-state index in [-0.39, 0.29) is 11.8 Å². The second-order valence-electron chi connectivity index (χ2n) is 6.64. The Kier molecular flexibility index (Phi) is 6.35. The summed E-state index contributed by atoms with van der Waals surface area (Å²) in [4.78, 5) is 26.3. The third-order valence-electron chi connectivity index (χ3n) is 4.81. The Bertz CT molecular complexity index is 817. The topological polar surface area (TPSA) is 58.6 Å². The van der Waals surface area contributed by atoms with E-state index in [1.807, 2.05) is 29.2 Å². The van der Waals surface area contributed by atoms with Crippen LogP contribution in [0.2, 0.25) is 5.02 Å². The molecule has 3 rings (SSSR count). The van der Waals surface area contributed by atoms with Gasteiger partial charge in [-0.05, 0) is 49.1 Å². The summed E-state index contributed by atoms with van der Waals surface area (Å²) in [5.74, 6) is 0.859. The number of hydrogen-bond acceptors (Lipinski definition) is 3. The van der Waals surface area contributed by atoms with Crippen molar-refractivity contribution < 1.29 is 14.3 Å². The van der Waals surface area contributed by atoms with E-state index in [2.05, 4.69) is 5.32 Å². The molecule has 27 heavy (non-hydrogen) atoms. The van der Waals surface area contributed by atoms with E-state index in [9.17, 15) is 9.59 Å². The van der Waals surface area contributed by atoms with Crippen LogP contribution in [0.3, 0.4) is 0 Å². The van der Waals surface area contributed by atoms with E-state index in [0.717, 1.165) is 12.8 Å². The molecule has 1 aliphatic rings. The van der Waals surface area contributed by atoms with Gasteiger partial charge in [-0.15, -0.1) is 0 Å². The Labute approximate surface area is 164 Å². The fraction of sp³-hybridized carbons (Fsp3) is 0.333. The van der Waals surface area contributed by atoms with Gasteiger partial charge in [-0.1, -0.05) is 29.8 Å². The smallest absolute Gasteiger partial charge is 0.253 e. The molecule has 0 radical (unpaired) electrons. The lowest BCUT2D eigenvalue weighted by molar-refractivity contribution is 0.0661. The van der Waals surface area contributed by atoms with Crippen LogP contribution >= 0.6 is 11.6 Å². The predicted octanol–water partition coefficient (Wildman–Crippen LogP) is 3.63. The summed E-state index contributed by atoms with van der Waals surface area (Å²) in [7, 11) is 1.58. The maximum atomic E-state index is 12.7. The lowest BCUT2D eigenvalue weighted by Gasteiger charge is -2.32. The number of para-hydroxylation sites is 1.